The van der Waals surface area contributed by atoms with E-state index in [0.29, 0.717) is 17.1 Å². The molecule has 0 aliphatic rings. The lowest BCUT2D eigenvalue weighted by Gasteiger charge is -2.18. The van der Waals surface area contributed by atoms with Gasteiger partial charge >= 0.3 is 5.97 Å². The van der Waals surface area contributed by atoms with Crippen molar-refractivity contribution in [3.8, 4) is 11.5 Å². The zero-order valence-corrected chi connectivity index (χ0v) is 15.6. The quantitative estimate of drug-likeness (QED) is 0.801. The molecule has 0 spiro atoms. The summed E-state index contributed by atoms with van der Waals surface area (Å²) in [7, 11) is 2.77. The van der Waals surface area contributed by atoms with Crippen LogP contribution < -0.4 is 14.8 Å². The van der Waals surface area contributed by atoms with Crippen LogP contribution in [0.2, 0.25) is 0 Å². The van der Waals surface area contributed by atoms with Gasteiger partial charge in [-0.25, -0.2) is 4.79 Å². The average molecular weight is 357 g/mol. The standard InChI is InChI=1S/C20H23NO5/c1-12-7-6-8-13(2)18(12)21-19(22)14(3)26-16-10-9-15(20(23)25-5)11-17(16)24-4/h6-11,14H,1-5H3,(H,21,22)/t14-/m1/s1. The minimum Gasteiger partial charge on any atom is -0.493 e. The minimum absolute atomic E-state index is 0.276. The number of rotatable bonds is 6. The van der Waals surface area contributed by atoms with Crippen molar-refractivity contribution in [2.45, 2.75) is 26.9 Å². The molecule has 0 unspecified atom stereocenters. The summed E-state index contributed by atoms with van der Waals surface area (Å²) in [6.45, 7) is 5.52. The van der Waals surface area contributed by atoms with E-state index in [4.69, 9.17) is 9.47 Å². The molecule has 0 fully saturated rings. The van der Waals surface area contributed by atoms with Crippen LogP contribution in [0.15, 0.2) is 36.4 Å². The van der Waals surface area contributed by atoms with Crippen LogP contribution in [-0.2, 0) is 9.53 Å². The second-order valence-electron chi connectivity index (χ2n) is 5.87. The van der Waals surface area contributed by atoms with Crippen molar-refractivity contribution >= 4 is 17.6 Å². The summed E-state index contributed by atoms with van der Waals surface area (Å²) in [5.74, 6) is -0.0407. The summed E-state index contributed by atoms with van der Waals surface area (Å²) in [4.78, 5) is 24.1. The third kappa shape index (κ3) is 4.33. The topological polar surface area (TPSA) is 73.9 Å². The molecule has 138 valence electrons. The first-order chi connectivity index (χ1) is 12.4. The van der Waals surface area contributed by atoms with Crippen molar-refractivity contribution in [1.29, 1.82) is 0 Å². The van der Waals surface area contributed by atoms with Gasteiger partial charge in [-0.2, -0.15) is 0 Å². The fourth-order valence-electron chi connectivity index (χ4n) is 2.49. The lowest BCUT2D eigenvalue weighted by molar-refractivity contribution is -0.122. The number of methoxy groups -OCH3 is 2. The molecular formula is C20H23NO5. The minimum atomic E-state index is -0.758. The van der Waals surface area contributed by atoms with Gasteiger partial charge in [-0.05, 0) is 50.1 Å². The summed E-state index contributed by atoms with van der Waals surface area (Å²) in [6.07, 6.45) is -0.758. The summed E-state index contributed by atoms with van der Waals surface area (Å²) in [6, 6.07) is 10.4. The number of benzene rings is 2. The molecule has 0 aromatic heterocycles. The Morgan fingerprint density at radius 1 is 1.00 bits per heavy atom. The van der Waals surface area contributed by atoms with E-state index in [2.05, 4.69) is 10.1 Å². The lowest BCUT2D eigenvalue weighted by Crippen LogP contribution is -2.30. The van der Waals surface area contributed by atoms with Crippen LogP contribution in [0.5, 0.6) is 11.5 Å². The normalized spacial score (nSPS) is 11.4. The van der Waals surface area contributed by atoms with Gasteiger partial charge in [0, 0.05) is 5.69 Å². The smallest absolute Gasteiger partial charge is 0.337 e. The maximum Gasteiger partial charge on any atom is 0.337 e. The van der Waals surface area contributed by atoms with E-state index in [1.807, 2.05) is 32.0 Å². The molecule has 6 nitrogen and oxygen atoms in total. The highest BCUT2D eigenvalue weighted by atomic mass is 16.5. The van der Waals surface area contributed by atoms with E-state index >= 15 is 0 Å². The third-order valence-corrected chi connectivity index (χ3v) is 3.99. The molecule has 0 saturated carbocycles. The third-order valence-electron chi connectivity index (χ3n) is 3.99. The number of amides is 1. The van der Waals surface area contributed by atoms with Crippen LogP contribution in [-0.4, -0.2) is 32.2 Å². The van der Waals surface area contributed by atoms with Gasteiger partial charge in [-0.3, -0.25) is 4.79 Å². The van der Waals surface area contributed by atoms with Crippen molar-refractivity contribution < 1.29 is 23.8 Å². The Morgan fingerprint density at radius 2 is 1.65 bits per heavy atom. The number of ether oxygens (including phenoxy) is 3. The lowest BCUT2D eigenvalue weighted by atomic mass is 10.1. The van der Waals surface area contributed by atoms with Crippen molar-refractivity contribution in [3.05, 3.63) is 53.1 Å². The second-order valence-corrected chi connectivity index (χ2v) is 5.87. The Labute approximate surface area is 153 Å². The van der Waals surface area contributed by atoms with Gasteiger partial charge in [0.05, 0.1) is 19.8 Å². The molecule has 2 rings (SSSR count). The molecule has 0 aliphatic carbocycles. The van der Waals surface area contributed by atoms with Gasteiger partial charge in [0.15, 0.2) is 17.6 Å². The average Bonchev–Trinajstić information content (AvgIpc) is 2.64. The molecular weight excluding hydrogens is 334 g/mol. The highest BCUT2D eigenvalue weighted by molar-refractivity contribution is 5.95. The molecule has 6 heteroatoms. The Bertz CT molecular complexity index is 796. The van der Waals surface area contributed by atoms with E-state index in [9.17, 15) is 9.59 Å². The summed E-state index contributed by atoms with van der Waals surface area (Å²) in [5.41, 5.74) is 3.07. The Morgan fingerprint density at radius 3 is 2.23 bits per heavy atom. The number of hydrogen-bond acceptors (Lipinski definition) is 5. The first kappa shape index (κ1) is 19.3. The molecule has 0 saturated heterocycles. The van der Waals surface area contributed by atoms with Crippen molar-refractivity contribution in [2.75, 3.05) is 19.5 Å². The maximum absolute atomic E-state index is 12.5. The van der Waals surface area contributed by atoms with E-state index in [0.717, 1.165) is 16.8 Å². The van der Waals surface area contributed by atoms with E-state index in [1.54, 1.807) is 19.1 Å². The summed E-state index contributed by atoms with van der Waals surface area (Å²) >= 11 is 0. The van der Waals surface area contributed by atoms with Gasteiger partial charge < -0.3 is 19.5 Å². The van der Waals surface area contributed by atoms with Crippen LogP contribution in [0.3, 0.4) is 0 Å². The Hall–Kier alpha value is -3.02. The van der Waals surface area contributed by atoms with Gasteiger partial charge in [-0.15, -0.1) is 0 Å². The van der Waals surface area contributed by atoms with E-state index in [1.165, 1.54) is 20.3 Å². The second kappa shape index (κ2) is 8.38. The molecule has 0 heterocycles. The van der Waals surface area contributed by atoms with Crippen LogP contribution in [0.4, 0.5) is 5.69 Å². The number of carbonyl (C=O) groups is 2. The van der Waals surface area contributed by atoms with Gasteiger partial charge in [-0.1, -0.05) is 18.2 Å². The first-order valence-electron chi connectivity index (χ1n) is 8.17. The molecule has 1 amide bonds. The van der Waals surface area contributed by atoms with Crippen LogP contribution in [0.1, 0.15) is 28.4 Å². The summed E-state index contributed by atoms with van der Waals surface area (Å²) in [5, 5.41) is 2.90. The predicted octanol–water partition coefficient (Wildman–Crippen LogP) is 3.50. The Kier molecular flexibility index (Phi) is 6.22. The van der Waals surface area contributed by atoms with Crippen molar-refractivity contribution in [1.82, 2.24) is 0 Å². The first-order valence-corrected chi connectivity index (χ1v) is 8.17. The molecule has 2 aromatic rings. The van der Waals surface area contributed by atoms with Crippen LogP contribution in [0, 0.1) is 13.8 Å². The van der Waals surface area contributed by atoms with Gasteiger partial charge in [0.25, 0.3) is 5.91 Å². The number of esters is 1. The molecule has 0 radical (unpaired) electrons. The highest BCUT2D eigenvalue weighted by Gasteiger charge is 2.19. The number of aryl methyl sites for hydroxylation is 2. The molecule has 0 aliphatic heterocycles. The maximum atomic E-state index is 12.5. The zero-order valence-electron chi connectivity index (χ0n) is 15.6. The van der Waals surface area contributed by atoms with Gasteiger partial charge in [0.2, 0.25) is 0 Å². The zero-order chi connectivity index (χ0) is 19.3. The summed E-state index contributed by atoms with van der Waals surface area (Å²) < 4.78 is 15.7. The molecule has 1 atom stereocenters. The van der Waals surface area contributed by atoms with E-state index in [-0.39, 0.29) is 5.91 Å². The number of carbonyl (C=O) groups excluding carboxylic acids is 2. The molecule has 0 bridgehead atoms. The predicted molar refractivity (Wildman–Crippen MR) is 99.0 cm³/mol. The monoisotopic (exact) mass is 357 g/mol. The van der Waals surface area contributed by atoms with Crippen LogP contribution in [0.25, 0.3) is 0 Å². The molecule has 2 aromatic carbocycles. The highest BCUT2D eigenvalue weighted by Crippen LogP contribution is 2.29. The number of nitrogens with one attached hydrogen (secondary N) is 1. The van der Waals surface area contributed by atoms with Crippen molar-refractivity contribution in [3.63, 3.8) is 0 Å². The fraction of sp³-hybridized carbons (Fsp3) is 0.300. The fourth-order valence-corrected chi connectivity index (χ4v) is 2.49. The molecule has 1 N–H and O–H groups in total. The SMILES string of the molecule is COC(=O)c1ccc(O[C@H](C)C(=O)Nc2c(C)cccc2C)c(OC)c1. The number of anilines is 1. The molecule has 26 heavy (non-hydrogen) atoms. The number of para-hydroxylation sites is 1. The largest absolute Gasteiger partial charge is 0.493 e. The Balaban J connectivity index is 2.15. The van der Waals surface area contributed by atoms with E-state index < -0.39 is 12.1 Å². The number of hydrogen-bond donors (Lipinski definition) is 1. The van der Waals surface area contributed by atoms with Crippen LogP contribution >= 0.6 is 0 Å². The van der Waals surface area contributed by atoms with Crippen molar-refractivity contribution in [2.24, 2.45) is 0 Å². The van der Waals surface area contributed by atoms with Gasteiger partial charge in [0.1, 0.15) is 0 Å².